The van der Waals surface area contributed by atoms with E-state index in [0.29, 0.717) is 5.15 Å². The monoisotopic (exact) mass is 221 g/mol. The molecule has 0 aromatic carbocycles. The van der Waals surface area contributed by atoms with Crippen molar-refractivity contribution in [2.75, 3.05) is 0 Å². The summed E-state index contributed by atoms with van der Waals surface area (Å²) in [4.78, 5) is 13.3. The third kappa shape index (κ3) is 1.01. The van der Waals surface area contributed by atoms with Crippen LogP contribution in [-0.2, 0) is 0 Å². The van der Waals surface area contributed by atoms with E-state index in [-0.39, 0.29) is 0 Å². The van der Waals surface area contributed by atoms with Crippen LogP contribution in [0.15, 0.2) is 24.7 Å². The number of hydrogen-bond donors (Lipinski definition) is 0. The maximum atomic E-state index is 5.96. The topological polar surface area (TPSA) is 38.7 Å². The summed E-state index contributed by atoms with van der Waals surface area (Å²) in [6, 6.07) is 3.88. The number of halogens is 1. The molecule has 0 atom stereocenters. The van der Waals surface area contributed by atoms with Gasteiger partial charge in [0.1, 0.15) is 16.3 Å². The normalized spacial score (nSPS) is 11.2. The van der Waals surface area contributed by atoms with E-state index in [0.717, 1.165) is 20.4 Å². The SMILES string of the molecule is Clc1ncnc2c1sc1ncccc12. The molecule has 0 radical (unpaired) electrons. The summed E-state index contributed by atoms with van der Waals surface area (Å²) in [6.07, 6.45) is 3.24. The first kappa shape index (κ1) is 8.08. The molecule has 5 heteroatoms. The van der Waals surface area contributed by atoms with Crippen LogP contribution in [0.1, 0.15) is 0 Å². The lowest BCUT2D eigenvalue weighted by Crippen LogP contribution is -1.78. The summed E-state index contributed by atoms with van der Waals surface area (Å²) >= 11 is 7.48. The number of rotatable bonds is 0. The van der Waals surface area contributed by atoms with E-state index in [9.17, 15) is 0 Å². The van der Waals surface area contributed by atoms with E-state index in [1.807, 2.05) is 12.1 Å². The summed E-state index contributed by atoms with van der Waals surface area (Å²) < 4.78 is 0.905. The minimum Gasteiger partial charge on any atom is -0.245 e. The van der Waals surface area contributed by atoms with Gasteiger partial charge in [0.15, 0.2) is 0 Å². The highest BCUT2D eigenvalue weighted by Gasteiger charge is 2.09. The molecule has 3 aromatic heterocycles. The van der Waals surface area contributed by atoms with Gasteiger partial charge in [-0.15, -0.1) is 11.3 Å². The molecule has 0 aliphatic heterocycles. The summed E-state index contributed by atoms with van der Waals surface area (Å²) in [5.74, 6) is 0. The van der Waals surface area contributed by atoms with Crippen LogP contribution in [-0.4, -0.2) is 15.0 Å². The van der Waals surface area contributed by atoms with Crippen LogP contribution in [0.3, 0.4) is 0 Å². The fourth-order valence-corrected chi connectivity index (χ4v) is 2.61. The Kier molecular flexibility index (Phi) is 1.65. The lowest BCUT2D eigenvalue weighted by Gasteiger charge is -1.89. The summed E-state index contributed by atoms with van der Waals surface area (Å²) in [6.45, 7) is 0. The number of aromatic nitrogens is 3. The standard InChI is InChI=1S/C9H4ClN3S/c10-8-7-6(12-4-13-8)5-2-1-3-11-9(5)14-7/h1-4H. The van der Waals surface area contributed by atoms with Gasteiger partial charge in [0, 0.05) is 11.6 Å². The van der Waals surface area contributed by atoms with E-state index in [1.54, 1.807) is 6.20 Å². The zero-order valence-electron chi connectivity index (χ0n) is 6.94. The molecule has 0 N–H and O–H groups in total. The molecule has 0 saturated heterocycles. The third-order valence-electron chi connectivity index (χ3n) is 1.99. The lowest BCUT2D eigenvalue weighted by atomic mass is 10.3. The third-order valence-corrected chi connectivity index (χ3v) is 3.49. The molecule has 0 fully saturated rings. The number of nitrogens with zero attached hydrogens (tertiary/aromatic N) is 3. The first-order valence-corrected chi connectivity index (χ1v) is 5.19. The van der Waals surface area contributed by atoms with Gasteiger partial charge < -0.3 is 0 Å². The van der Waals surface area contributed by atoms with E-state index < -0.39 is 0 Å². The minimum absolute atomic E-state index is 0.498. The average Bonchev–Trinajstić information content (AvgIpc) is 2.59. The highest BCUT2D eigenvalue weighted by atomic mass is 35.5. The van der Waals surface area contributed by atoms with Crippen molar-refractivity contribution in [1.29, 1.82) is 0 Å². The van der Waals surface area contributed by atoms with E-state index in [4.69, 9.17) is 11.6 Å². The lowest BCUT2D eigenvalue weighted by molar-refractivity contribution is 1.23. The molecule has 0 spiro atoms. The van der Waals surface area contributed by atoms with Gasteiger partial charge in [0.05, 0.1) is 10.2 Å². The molecular formula is C9H4ClN3S. The van der Waals surface area contributed by atoms with Gasteiger partial charge in [-0.05, 0) is 12.1 Å². The van der Waals surface area contributed by atoms with Crippen LogP contribution in [0.2, 0.25) is 5.15 Å². The Morgan fingerprint density at radius 1 is 1.21 bits per heavy atom. The van der Waals surface area contributed by atoms with Gasteiger partial charge >= 0.3 is 0 Å². The van der Waals surface area contributed by atoms with Crippen LogP contribution in [0, 0.1) is 0 Å². The number of hydrogen-bond acceptors (Lipinski definition) is 4. The van der Waals surface area contributed by atoms with Crippen LogP contribution in [0.25, 0.3) is 20.4 Å². The second-order valence-electron chi connectivity index (χ2n) is 2.80. The van der Waals surface area contributed by atoms with E-state index >= 15 is 0 Å². The smallest absolute Gasteiger partial charge is 0.150 e. The Morgan fingerprint density at radius 2 is 2.14 bits per heavy atom. The molecule has 0 aliphatic carbocycles. The molecule has 3 rings (SSSR count). The van der Waals surface area contributed by atoms with Gasteiger partial charge in [-0.25, -0.2) is 15.0 Å². The van der Waals surface area contributed by atoms with E-state index in [2.05, 4.69) is 15.0 Å². The van der Waals surface area contributed by atoms with Crippen molar-refractivity contribution in [2.45, 2.75) is 0 Å². The Hall–Kier alpha value is -1.26. The van der Waals surface area contributed by atoms with Crippen LogP contribution in [0.5, 0.6) is 0 Å². The Morgan fingerprint density at radius 3 is 3.07 bits per heavy atom. The quantitative estimate of drug-likeness (QED) is 0.548. The van der Waals surface area contributed by atoms with Crippen LogP contribution < -0.4 is 0 Å². The van der Waals surface area contributed by atoms with Gasteiger partial charge in [-0.2, -0.15) is 0 Å². The summed E-state index contributed by atoms with van der Waals surface area (Å²) in [5.41, 5.74) is 0.887. The van der Waals surface area contributed by atoms with Crippen molar-refractivity contribution in [3.63, 3.8) is 0 Å². The number of pyridine rings is 1. The molecule has 68 valence electrons. The van der Waals surface area contributed by atoms with Crippen molar-refractivity contribution in [2.24, 2.45) is 0 Å². The summed E-state index contributed by atoms with van der Waals surface area (Å²) in [7, 11) is 0. The number of fused-ring (bicyclic) bond motifs is 3. The molecule has 0 amide bonds. The first-order valence-electron chi connectivity index (χ1n) is 4.00. The Bertz CT molecular complexity index is 620. The van der Waals surface area contributed by atoms with Crippen molar-refractivity contribution >= 4 is 43.4 Å². The Balaban J connectivity index is 2.63. The predicted octanol–water partition coefficient (Wildman–Crippen LogP) is 2.89. The molecule has 0 unspecified atom stereocenters. The van der Waals surface area contributed by atoms with Gasteiger partial charge in [-0.3, -0.25) is 0 Å². The second-order valence-corrected chi connectivity index (χ2v) is 4.16. The molecule has 14 heavy (non-hydrogen) atoms. The van der Waals surface area contributed by atoms with Crippen LogP contribution >= 0.6 is 22.9 Å². The molecule has 0 saturated carbocycles. The molecular weight excluding hydrogens is 218 g/mol. The first-order chi connectivity index (χ1) is 6.86. The molecule has 0 bridgehead atoms. The number of thiophene rings is 1. The molecule has 3 nitrogen and oxygen atoms in total. The predicted molar refractivity (Wildman–Crippen MR) is 57.7 cm³/mol. The van der Waals surface area contributed by atoms with E-state index in [1.165, 1.54) is 17.7 Å². The molecule has 0 aliphatic rings. The highest BCUT2D eigenvalue weighted by molar-refractivity contribution is 7.25. The van der Waals surface area contributed by atoms with Crippen molar-refractivity contribution in [1.82, 2.24) is 15.0 Å². The second kappa shape index (κ2) is 2.87. The van der Waals surface area contributed by atoms with Crippen molar-refractivity contribution in [3.8, 4) is 0 Å². The largest absolute Gasteiger partial charge is 0.245 e. The molecule has 3 heterocycles. The van der Waals surface area contributed by atoms with Crippen molar-refractivity contribution in [3.05, 3.63) is 29.8 Å². The maximum Gasteiger partial charge on any atom is 0.150 e. The van der Waals surface area contributed by atoms with Gasteiger partial charge in [0.25, 0.3) is 0 Å². The average molecular weight is 222 g/mol. The minimum atomic E-state index is 0.498. The maximum absolute atomic E-state index is 5.96. The zero-order valence-corrected chi connectivity index (χ0v) is 8.51. The van der Waals surface area contributed by atoms with Crippen molar-refractivity contribution < 1.29 is 0 Å². The van der Waals surface area contributed by atoms with Crippen LogP contribution in [0.4, 0.5) is 0 Å². The fraction of sp³-hybridized carbons (Fsp3) is 0. The highest BCUT2D eigenvalue weighted by Crippen LogP contribution is 2.33. The van der Waals surface area contributed by atoms with Gasteiger partial charge in [-0.1, -0.05) is 11.6 Å². The Labute approximate surface area is 88.4 Å². The zero-order chi connectivity index (χ0) is 9.54. The van der Waals surface area contributed by atoms with Gasteiger partial charge in [0.2, 0.25) is 0 Å². The fourth-order valence-electron chi connectivity index (χ4n) is 1.38. The molecule has 3 aromatic rings. The summed E-state index contributed by atoms with van der Waals surface area (Å²) in [5, 5.41) is 1.54.